The van der Waals surface area contributed by atoms with Gasteiger partial charge in [0, 0.05) is 0 Å². The predicted molar refractivity (Wildman–Crippen MR) is 52.2 cm³/mol. The number of hydrogen-bond donors (Lipinski definition) is 0. The molecule has 0 N–H and O–H groups in total. The molecule has 13 heavy (non-hydrogen) atoms. The monoisotopic (exact) mass is 181 g/mol. The average Bonchev–Trinajstić information content (AvgIpc) is 2.19. The zero-order chi connectivity index (χ0) is 9.52. The quantitative estimate of drug-likeness (QED) is 0.625. The van der Waals surface area contributed by atoms with Gasteiger partial charge in [-0.3, -0.25) is 0 Å². The maximum absolute atomic E-state index is 8.36. The number of nitrogens with zero attached hydrogens (tertiary/aromatic N) is 1. The zero-order valence-corrected chi connectivity index (χ0v) is 8.46. The second-order valence-corrected chi connectivity index (χ2v) is 3.84. The van der Waals surface area contributed by atoms with Crippen LogP contribution in [0.2, 0.25) is 0 Å². The van der Waals surface area contributed by atoms with Gasteiger partial charge in [0.1, 0.15) is 0 Å². The van der Waals surface area contributed by atoms with Gasteiger partial charge in [-0.15, -0.1) is 0 Å². The lowest BCUT2D eigenvalue weighted by Gasteiger charge is -2.28. The van der Waals surface area contributed by atoms with Gasteiger partial charge in [0.2, 0.25) is 0 Å². The summed E-state index contributed by atoms with van der Waals surface area (Å²) in [6, 6.07) is 2.11. The fourth-order valence-corrected chi connectivity index (χ4v) is 2.04. The first-order valence-corrected chi connectivity index (χ1v) is 5.35. The van der Waals surface area contributed by atoms with Gasteiger partial charge in [0.15, 0.2) is 0 Å². The van der Waals surface area contributed by atoms with E-state index < -0.39 is 0 Å². The molecule has 0 aliphatic heterocycles. The molecule has 0 spiro atoms. The lowest BCUT2D eigenvalue weighted by atomic mass is 9.85. The van der Waals surface area contributed by atoms with Crippen molar-refractivity contribution in [3.05, 3.63) is 0 Å². The van der Waals surface area contributed by atoms with Gasteiger partial charge in [-0.1, -0.05) is 26.2 Å². The van der Waals surface area contributed by atoms with E-state index in [0.29, 0.717) is 19.1 Å². The van der Waals surface area contributed by atoms with Gasteiger partial charge < -0.3 is 4.74 Å². The van der Waals surface area contributed by atoms with Crippen molar-refractivity contribution in [2.75, 3.05) is 6.61 Å². The summed E-state index contributed by atoms with van der Waals surface area (Å²) in [5.41, 5.74) is 0. The molecule has 0 aromatic carbocycles. The van der Waals surface area contributed by atoms with Crippen molar-refractivity contribution in [2.24, 2.45) is 5.92 Å². The first kappa shape index (κ1) is 10.5. The van der Waals surface area contributed by atoms with E-state index in [0.717, 1.165) is 5.92 Å². The highest BCUT2D eigenvalue weighted by Crippen LogP contribution is 2.28. The molecule has 1 aliphatic rings. The summed E-state index contributed by atoms with van der Waals surface area (Å²) in [4.78, 5) is 0. The lowest BCUT2D eigenvalue weighted by Crippen LogP contribution is -2.22. The Morgan fingerprint density at radius 2 is 2.31 bits per heavy atom. The first-order chi connectivity index (χ1) is 6.36. The topological polar surface area (TPSA) is 33.0 Å². The van der Waals surface area contributed by atoms with Crippen LogP contribution in [-0.4, -0.2) is 12.7 Å². The van der Waals surface area contributed by atoms with E-state index in [1.54, 1.807) is 0 Å². The Labute approximate surface area is 80.9 Å². The molecule has 2 atom stereocenters. The summed E-state index contributed by atoms with van der Waals surface area (Å²) in [6.07, 6.45) is 7.33. The molecule has 2 unspecified atom stereocenters. The maximum atomic E-state index is 8.36. The van der Waals surface area contributed by atoms with Crippen LogP contribution in [0.3, 0.4) is 0 Å². The van der Waals surface area contributed by atoms with Gasteiger partial charge in [0.05, 0.1) is 25.2 Å². The van der Waals surface area contributed by atoms with Crippen LogP contribution < -0.4 is 0 Å². The molecule has 74 valence electrons. The SMILES string of the molecule is CCC1CCCC(OCCC#N)C1. The van der Waals surface area contributed by atoms with E-state index in [9.17, 15) is 0 Å². The molecule has 1 saturated carbocycles. The molecular weight excluding hydrogens is 162 g/mol. The summed E-state index contributed by atoms with van der Waals surface area (Å²) in [5.74, 6) is 0.862. The molecule has 0 aromatic heterocycles. The van der Waals surface area contributed by atoms with Crippen molar-refractivity contribution in [1.82, 2.24) is 0 Å². The van der Waals surface area contributed by atoms with E-state index in [1.165, 1.54) is 32.1 Å². The zero-order valence-electron chi connectivity index (χ0n) is 8.46. The third-order valence-electron chi connectivity index (χ3n) is 2.88. The summed E-state index contributed by atoms with van der Waals surface area (Å²) < 4.78 is 5.63. The number of hydrogen-bond acceptors (Lipinski definition) is 2. The minimum atomic E-state index is 0.437. The van der Waals surface area contributed by atoms with Crippen LogP contribution in [0.5, 0.6) is 0 Å². The van der Waals surface area contributed by atoms with Gasteiger partial charge in [-0.05, 0) is 18.8 Å². The Morgan fingerprint density at radius 1 is 1.46 bits per heavy atom. The van der Waals surface area contributed by atoms with E-state index in [-0.39, 0.29) is 0 Å². The van der Waals surface area contributed by atoms with Crippen molar-refractivity contribution in [3.63, 3.8) is 0 Å². The first-order valence-electron chi connectivity index (χ1n) is 5.35. The van der Waals surface area contributed by atoms with Crippen molar-refractivity contribution in [1.29, 1.82) is 5.26 Å². The third kappa shape index (κ3) is 3.78. The molecule has 2 heteroatoms. The van der Waals surface area contributed by atoms with Crippen molar-refractivity contribution < 1.29 is 4.74 Å². The molecule has 2 nitrogen and oxygen atoms in total. The van der Waals surface area contributed by atoms with Crippen LogP contribution >= 0.6 is 0 Å². The molecule has 0 heterocycles. The largest absolute Gasteiger partial charge is 0.377 e. The highest BCUT2D eigenvalue weighted by molar-refractivity contribution is 4.74. The lowest BCUT2D eigenvalue weighted by molar-refractivity contribution is 0.0155. The van der Waals surface area contributed by atoms with Crippen molar-refractivity contribution in [2.45, 2.75) is 51.6 Å². The molecule has 1 rings (SSSR count). The molecule has 0 aromatic rings. The molecule has 1 aliphatic carbocycles. The van der Waals surface area contributed by atoms with Crippen LogP contribution in [0.4, 0.5) is 0 Å². The number of ether oxygens (including phenoxy) is 1. The Bertz CT molecular complexity index is 173. The van der Waals surface area contributed by atoms with E-state index in [2.05, 4.69) is 13.0 Å². The predicted octanol–water partition coefficient (Wildman–Crippen LogP) is 2.89. The normalized spacial score (nSPS) is 28.3. The fraction of sp³-hybridized carbons (Fsp3) is 0.909. The molecule has 0 saturated heterocycles. The van der Waals surface area contributed by atoms with Gasteiger partial charge in [-0.25, -0.2) is 0 Å². The summed E-state index contributed by atoms with van der Waals surface area (Å²) in [5, 5.41) is 8.36. The smallest absolute Gasteiger partial charge is 0.0645 e. The van der Waals surface area contributed by atoms with Gasteiger partial charge in [-0.2, -0.15) is 5.26 Å². The second-order valence-electron chi connectivity index (χ2n) is 3.84. The van der Waals surface area contributed by atoms with Crippen LogP contribution in [0.1, 0.15) is 45.4 Å². The molecule has 1 fully saturated rings. The second kappa shape index (κ2) is 5.99. The third-order valence-corrected chi connectivity index (χ3v) is 2.88. The Kier molecular flexibility index (Phi) is 4.85. The van der Waals surface area contributed by atoms with Crippen LogP contribution in [-0.2, 0) is 4.74 Å². The fourth-order valence-electron chi connectivity index (χ4n) is 2.04. The highest BCUT2D eigenvalue weighted by Gasteiger charge is 2.20. The number of nitriles is 1. The Hall–Kier alpha value is -0.550. The highest BCUT2D eigenvalue weighted by atomic mass is 16.5. The molecule has 0 radical (unpaired) electrons. The average molecular weight is 181 g/mol. The van der Waals surface area contributed by atoms with Crippen LogP contribution in [0, 0.1) is 17.2 Å². The van der Waals surface area contributed by atoms with Crippen LogP contribution in [0.25, 0.3) is 0 Å². The molecule has 0 amide bonds. The maximum Gasteiger partial charge on any atom is 0.0645 e. The summed E-state index contributed by atoms with van der Waals surface area (Å²) in [7, 11) is 0. The van der Waals surface area contributed by atoms with E-state index in [1.807, 2.05) is 0 Å². The molecular formula is C11H19NO. The Balaban J connectivity index is 2.15. The summed E-state index contributed by atoms with van der Waals surface area (Å²) in [6.45, 7) is 2.87. The van der Waals surface area contributed by atoms with Gasteiger partial charge in [0.25, 0.3) is 0 Å². The Morgan fingerprint density at radius 3 is 3.00 bits per heavy atom. The minimum Gasteiger partial charge on any atom is -0.377 e. The van der Waals surface area contributed by atoms with E-state index >= 15 is 0 Å². The summed E-state index contributed by atoms with van der Waals surface area (Å²) >= 11 is 0. The minimum absolute atomic E-state index is 0.437. The van der Waals surface area contributed by atoms with Crippen LogP contribution in [0.15, 0.2) is 0 Å². The van der Waals surface area contributed by atoms with E-state index in [4.69, 9.17) is 10.00 Å². The number of rotatable bonds is 4. The van der Waals surface area contributed by atoms with Crippen molar-refractivity contribution in [3.8, 4) is 6.07 Å². The standard InChI is InChI=1S/C11H19NO/c1-2-10-5-3-6-11(9-10)13-8-4-7-12/h10-11H,2-6,8-9H2,1H3. The van der Waals surface area contributed by atoms with Crippen molar-refractivity contribution >= 4 is 0 Å². The van der Waals surface area contributed by atoms with Gasteiger partial charge >= 0.3 is 0 Å². The molecule has 0 bridgehead atoms.